The van der Waals surface area contributed by atoms with E-state index in [0.717, 1.165) is 5.56 Å². The van der Waals surface area contributed by atoms with E-state index < -0.39 is 23.7 Å². The molecular formula is C14H17BrClNO4. The Bertz CT molecular complexity index is 542. The average molecular weight is 379 g/mol. The van der Waals surface area contributed by atoms with E-state index in [1.165, 1.54) is 0 Å². The number of carbonyl (C=O) groups is 2. The van der Waals surface area contributed by atoms with Crippen LogP contribution in [-0.2, 0) is 16.0 Å². The van der Waals surface area contributed by atoms with Crippen LogP contribution in [0.3, 0.4) is 0 Å². The lowest BCUT2D eigenvalue weighted by Crippen LogP contribution is -2.44. The molecule has 1 atom stereocenters. The number of hydrogen-bond donors (Lipinski definition) is 2. The smallest absolute Gasteiger partial charge is 0.408 e. The molecule has 0 bridgehead atoms. The number of rotatable bonds is 4. The van der Waals surface area contributed by atoms with E-state index in [2.05, 4.69) is 21.2 Å². The minimum Gasteiger partial charge on any atom is -0.480 e. The van der Waals surface area contributed by atoms with Gasteiger partial charge in [0.25, 0.3) is 0 Å². The predicted molar refractivity (Wildman–Crippen MR) is 83.6 cm³/mol. The highest BCUT2D eigenvalue weighted by atomic mass is 79.9. The summed E-state index contributed by atoms with van der Waals surface area (Å²) in [4.78, 5) is 22.9. The quantitative estimate of drug-likeness (QED) is 0.839. The molecule has 0 aromatic heterocycles. The van der Waals surface area contributed by atoms with Crippen molar-refractivity contribution in [2.24, 2.45) is 0 Å². The van der Waals surface area contributed by atoms with Crippen molar-refractivity contribution in [1.29, 1.82) is 0 Å². The number of aliphatic carboxylic acids is 1. The summed E-state index contributed by atoms with van der Waals surface area (Å²) >= 11 is 9.16. The topological polar surface area (TPSA) is 75.6 Å². The van der Waals surface area contributed by atoms with Crippen molar-refractivity contribution >= 4 is 39.6 Å². The van der Waals surface area contributed by atoms with Crippen molar-refractivity contribution in [3.05, 3.63) is 33.3 Å². The molecule has 0 saturated carbocycles. The number of amides is 1. The molecule has 2 N–H and O–H groups in total. The summed E-state index contributed by atoms with van der Waals surface area (Å²) in [7, 11) is 0. The fraction of sp³-hybridized carbons (Fsp3) is 0.429. The largest absolute Gasteiger partial charge is 0.480 e. The van der Waals surface area contributed by atoms with Crippen LogP contribution in [-0.4, -0.2) is 28.8 Å². The van der Waals surface area contributed by atoms with Crippen LogP contribution in [0.5, 0.6) is 0 Å². The van der Waals surface area contributed by atoms with Gasteiger partial charge in [-0.1, -0.05) is 17.7 Å². The summed E-state index contributed by atoms with van der Waals surface area (Å²) in [5.74, 6) is -1.13. The number of nitrogens with one attached hydrogen (secondary N) is 1. The van der Waals surface area contributed by atoms with Crippen LogP contribution in [0.1, 0.15) is 26.3 Å². The highest BCUT2D eigenvalue weighted by Gasteiger charge is 2.24. The van der Waals surface area contributed by atoms with Gasteiger partial charge < -0.3 is 15.2 Å². The maximum absolute atomic E-state index is 11.7. The number of carboxylic acid groups (broad SMARTS) is 1. The third kappa shape index (κ3) is 6.35. The molecule has 0 saturated heterocycles. The number of carboxylic acids is 1. The summed E-state index contributed by atoms with van der Waals surface area (Å²) < 4.78 is 5.72. The van der Waals surface area contributed by atoms with E-state index in [1.54, 1.807) is 39.0 Å². The zero-order valence-corrected chi connectivity index (χ0v) is 14.3. The first kappa shape index (κ1) is 17.8. The molecule has 0 fully saturated rings. The predicted octanol–water partition coefficient (Wildman–Crippen LogP) is 3.62. The second-order valence-electron chi connectivity index (χ2n) is 5.49. The fourth-order valence-electron chi connectivity index (χ4n) is 1.55. The molecule has 1 rings (SSSR count). The number of alkyl carbamates (subject to hydrolysis) is 1. The fourth-order valence-corrected chi connectivity index (χ4v) is 2.10. The first-order valence-corrected chi connectivity index (χ1v) is 7.42. The maximum Gasteiger partial charge on any atom is 0.408 e. The van der Waals surface area contributed by atoms with Crippen LogP contribution >= 0.6 is 27.5 Å². The molecule has 0 aliphatic carbocycles. The Morgan fingerprint density at radius 2 is 2.05 bits per heavy atom. The van der Waals surface area contributed by atoms with Crippen LogP contribution in [0.25, 0.3) is 0 Å². The third-order valence-electron chi connectivity index (χ3n) is 2.41. The Labute approximate surface area is 136 Å². The average Bonchev–Trinajstić information content (AvgIpc) is 2.30. The summed E-state index contributed by atoms with van der Waals surface area (Å²) in [5, 5.41) is 12.1. The number of hydrogen-bond acceptors (Lipinski definition) is 3. The van der Waals surface area contributed by atoms with Crippen LogP contribution in [0.2, 0.25) is 5.02 Å². The molecule has 7 heteroatoms. The van der Waals surface area contributed by atoms with Gasteiger partial charge in [-0.2, -0.15) is 0 Å². The molecule has 0 aliphatic heterocycles. The minimum atomic E-state index is -1.13. The van der Waals surface area contributed by atoms with Crippen molar-refractivity contribution in [3.63, 3.8) is 0 Å². The van der Waals surface area contributed by atoms with E-state index >= 15 is 0 Å². The number of ether oxygens (including phenoxy) is 1. The Balaban J connectivity index is 2.76. The Hall–Kier alpha value is -1.27. The van der Waals surface area contributed by atoms with Crippen molar-refractivity contribution in [2.75, 3.05) is 0 Å². The van der Waals surface area contributed by atoms with Crippen LogP contribution in [0.4, 0.5) is 4.79 Å². The molecule has 116 valence electrons. The molecule has 1 aromatic carbocycles. The normalized spacial score (nSPS) is 12.6. The second kappa shape index (κ2) is 7.13. The lowest BCUT2D eigenvalue weighted by atomic mass is 10.1. The van der Waals surface area contributed by atoms with E-state index in [0.29, 0.717) is 9.50 Å². The number of halogens is 2. The van der Waals surface area contributed by atoms with E-state index in [1.807, 2.05) is 0 Å². The van der Waals surface area contributed by atoms with E-state index in [4.69, 9.17) is 16.3 Å². The molecule has 21 heavy (non-hydrogen) atoms. The Morgan fingerprint density at radius 1 is 1.43 bits per heavy atom. The standard InChI is InChI=1S/C14H17BrClNO4/c1-14(2,3)21-13(20)17-11(12(18)19)7-8-4-5-10(16)9(15)6-8/h4-6,11H,7H2,1-3H3,(H,17,20)(H,18,19)/t11-/m0/s1. The highest BCUT2D eigenvalue weighted by molar-refractivity contribution is 9.10. The first-order valence-electron chi connectivity index (χ1n) is 6.25. The first-order chi connectivity index (χ1) is 9.58. The molecule has 0 aliphatic rings. The molecule has 0 unspecified atom stereocenters. The highest BCUT2D eigenvalue weighted by Crippen LogP contribution is 2.23. The van der Waals surface area contributed by atoms with Crippen molar-refractivity contribution in [3.8, 4) is 0 Å². The Morgan fingerprint density at radius 3 is 2.52 bits per heavy atom. The number of carbonyl (C=O) groups excluding carboxylic acids is 1. The lowest BCUT2D eigenvalue weighted by molar-refractivity contribution is -0.139. The zero-order chi connectivity index (χ0) is 16.2. The maximum atomic E-state index is 11.7. The van der Waals surface area contributed by atoms with Gasteiger partial charge in [0.05, 0.1) is 5.02 Å². The van der Waals surface area contributed by atoms with E-state index in [9.17, 15) is 14.7 Å². The third-order valence-corrected chi connectivity index (χ3v) is 3.63. The van der Waals surface area contributed by atoms with Crippen molar-refractivity contribution < 1.29 is 19.4 Å². The Kier molecular flexibility index (Phi) is 6.04. The van der Waals surface area contributed by atoms with Gasteiger partial charge in [0.2, 0.25) is 0 Å². The van der Waals surface area contributed by atoms with Gasteiger partial charge in [-0.15, -0.1) is 0 Å². The summed E-state index contributed by atoms with van der Waals surface area (Å²) in [5.41, 5.74) is 0.0471. The van der Waals surface area contributed by atoms with E-state index in [-0.39, 0.29) is 6.42 Å². The molecule has 5 nitrogen and oxygen atoms in total. The zero-order valence-electron chi connectivity index (χ0n) is 11.9. The van der Waals surface area contributed by atoms with Gasteiger partial charge in [-0.05, 0) is 54.4 Å². The van der Waals surface area contributed by atoms with Crippen molar-refractivity contribution in [2.45, 2.75) is 38.8 Å². The number of benzene rings is 1. The van der Waals surface area contributed by atoms with Gasteiger partial charge in [-0.25, -0.2) is 9.59 Å². The summed E-state index contributed by atoms with van der Waals surface area (Å²) in [6, 6.07) is 4.01. The SMILES string of the molecule is CC(C)(C)OC(=O)N[C@@H](Cc1ccc(Cl)c(Br)c1)C(=O)O. The molecular weight excluding hydrogens is 362 g/mol. The van der Waals surface area contributed by atoms with Crippen LogP contribution in [0.15, 0.2) is 22.7 Å². The van der Waals surface area contributed by atoms with Gasteiger partial charge in [-0.3, -0.25) is 0 Å². The summed E-state index contributed by atoms with van der Waals surface area (Å²) in [6.45, 7) is 5.12. The molecule has 0 spiro atoms. The van der Waals surface area contributed by atoms with Gasteiger partial charge in [0.15, 0.2) is 0 Å². The molecule has 0 radical (unpaired) electrons. The molecule has 1 amide bonds. The second-order valence-corrected chi connectivity index (χ2v) is 6.75. The van der Waals surface area contributed by atoms with Crippen LogP contribution < -0.4 is 5.32 Å². The minimum absolute atomic E-state index is 0.129. The van der Waals surface area contributed by atoms with Gasteiger partial charge in [0.1, 0.15) is 11.6 Å². The van der Waals surface area contributed by atoms with Crippen molar-refractivity contribution in [1.82, 2.24) is 5.32 Å². The summed E-state index contributed by atoms with van der Waals surface area (Å²) in [6.07, 6.45) is -0.632. The van der Waals surface area contributed by atoms with Crippen LogP contribution in [0, 0.1) is 0 Å². The molecule has 1 aromatic rings. The van der Waals surface area contributed by atoms with Gasteiger partial charge in [0, 0.05) is 10.9 Å². The van der Waals surface area contributed by atoms with Gasteiger partial charge >= 0.3 is 12.1 Å². The monoisotopic (exact) mass is 377 g/mol. The lowest BCUT2D eigenvalue weighted by Gasteiger charge is -2.22. The molecule has 0 heterocycles.